The van der Waals surface area contributed by atoms with Crippen molar-refractivity contribution in [3.63, 3.8) is 0 Å². The third kappa shape index (κ3) is 41.6. The molecule has 0 unspecified atom stereocenters. The Morgan fingerprint density at radius 1 is 0.336 bits per heavy atom. The second-order valence-electron chi connectivity index (χ2n) is 24.2. The van der Waals surface area contributed by atoms with Crippen molar-refractivity contribution in [2.75, 3.05) is 75.0 Å². The van der Waals surface area contributed by atoms with E-state index in [0.717, 1.165) is 46.4 Å². The molecule has 666 valence electrons. The smallest absolute Gasteiger partial charge is 0.367 e. The molecule has 122 heavy (non-hydrogen) atoms. The molecule has 7 N–H and O–H groups in total. The Morgan fingerprint density at radius 3 is 0.795 bits per heavy atom. The Balaban J connectivity index is 0.000000395. The van der Waals surface area contributed by atoms with E-state index in [2.05, 4.69) is 59.5 Å². The third-order valence-corrected chi connectivity index (χ3v) is 18.1. The maximum atomic E-state index is 12.0. The number of rotatable bonds is 35. The molecule has 45 heteroatoms. The van der Waals surface area contributed by atoms with Gasteiger partial charge in [0.2, 0.25) is 29.5 Å². The fourth-order valence-electron chi connectivity index (χ4n) is 8.80. The van der Waals surface area contributed by atoms with Gasteiger partial charge >= 0.3 is 56.4 Å². The monoisotopic (exact) mass is 1810 g/mol. The number of aliphatic carboxylic acids is 2. The number of carboxylic acids is 2. The minimum Gasteiger partial charge on any atom is -0.480 e. The fourth-order valence-corrected chi connectivity index (χ4v) is 12.1. The van der Waals surface area contributed by atoms with Crippen LogP contribution in [0.15, 0.2) is 169 Å². The topological polar surface area (TPSA) is 523 Å². The zero-order valence-electron chi connectivity index (χ0n) is 68.2. The van der Waals surface area contributed by atoms with E-state index < -0.39 is 116 Å². The first-order valence-corrected chi connectivity index (χ1v) is 40.7. The van der Waals surface area contributed by atoms with Gasteiger partial charge in [0.1, 0.15) is 47.5 Å². The van der Waals surface area contributed by atoms with Crippen molar-refractivity contribution in [3.05, 3.63) is 180 Å². The predicted molar refractivity (Wildman–Crippen MR) is 438 cm³/mol. The second-order valence-corrected chi connectivity index (χ2v) is 29.0. The highest BCUT2D eigenvalue weighted by atomic mass is 32.2. The SMILES string of the molecule is C=C1OC(C)=C(COC(=O)SC[C@H](NC(C)=O)C(=O)O)O1.C=C1OC(C)=C(COC(=O)SC[C@H](NC(C)=O)C(=O)OC(C)C)O1.C=C1OC(C)=C(COC(=O)SC[C@H](NC(C)=O)C(=O)OCC)O1.C=C1OC(COC(=O)SC[C@H](NC(C)=O)C(=O)O)=C(c2ccccc2)O1.C=C1OC(COC(=O)SC[C@H](NC(C)=O)C(=O)OCC)=C(c2ccccc2)O1. The number of hydrogen-bond acceptors (Lipinski definition) is 38. The van der Waals surface area contributed by atoms with E-state index in [4.69, 9.17) is 95.5 Å². The number of thioether (sulfide) groups is 5. The van der Waals surface area contributed by atoms with Gasteiger partial charge in [-0.3, -0.25) is 24.0 Å². The molecule has 0 radical (unpaired) electrons. The predicted octanol–water partition coefficient (Wildman–Crippen LogP) is 10.1. The van der Waals surface area contributed by atoms with Gasteiger partial charge in [-0.2, -0.15) is 0 Å². The zero-order chi connectivity index (χ0) is 91.3. The summed E-state index contributed by atoms with van der Waals surface area (Å²) in [4.78, 5) is 171. The molecule has 0 spiro atoms. The number of nitrogens with one attached hydrogen (secondary N) is 5. The first-order chi connectivity index (χ1) is 57.6. The van der Waals surface area contributed by atoms with Crippen molar-refractivity contribution in [2.45, 2.75) is 119 Å². The van der Waals surface area contributed by atoms with Crippen molar-refractivity contribution in [2.24, 2.45) is 0 Å². The van der Waals surface area contributed by atoms with Crippen molar-refractivity contribution >= 4 is 156 Å². The summed E-state index contributed by atoms with van der Waals surface area (Å²) in [5.74, 6) is -2.50. The van der Waals surface area contributed by atoms with E-state index in [1.165, 1.54) is 34.6 Å². The average Bonchev–Trinajstić information content (AvgIpc) is 1.70. The highest BCUT2D eigenvalue weighted by Crippen LogP contribution is 2.34. The molecule has 2 aromatic rings. The molecule has 0 fully saturated rings. The van der Waals surface area contributed by atoms with Crippen LogP contribution in [-0.4, -0.2) is 207 Å². The minimum atomic E-state index is -1.24. The van der Waals surface area contributed by atoms with Gasteiger partial charge in [0, 0.05) is 74.5 Å². The number of allylic oxidation sites excluding steroid dienone is 3. The summed E-state index contributed by atoms with van der Waals surface area (Å²) in [6, 6.07) is 13.1. The first kappa shape index (κ1) is 104. The molecule has 7 rings (SSSR count). The van der Waals surface area contributed by atoms with Crippen LogP contribution in [0, 0.1) is 0 Å². The summed E-state index contributed by atoms with van der Waals surface area (Å²) in [5, 5.41) is 26.3. The maximum Gasteiger partial charge on any atom is 0.367 e. The number of esters is 3. The van der Waals surface area contributed by atoms with E-state index in [1.807, 2.05) is 48.5 Å². The molecule has 5 aliphatic heterocycles. The number of ether oxygens (including phenoxy) is 18. The van der Waals surface area contributed by atoms with Gasteiger partial charge in [-0.1, -0.05) is 60.7 Å². The number of carbonyl (C=O) groups excluding carboxylic acids is 13. The molecule has 0 saturated heterocycles. The molecule has 0 bridgehead atoms. The van der Waals surface area contributed by atoms with Gasteiger partial charge < -0.3 is 122 Å². The standard InChI is InChI=1S/C19H21NO7S.C17H17NO7S.C15H21NO7S.C14H19NO7S.C12H15NO7S/c1-4-24-18(22)15(20-12(2)21)11-28-19(23)25-10-16-17(27-13(3)26-16)14-8-6-5-7-9-14;1-10(19)18-13(16(20)21)9-26-17(22)23-8-14-15(25-11(2)24-14)12-6-4-3-5-7-12;1-8(2)21-14(18)12(16-10(4)17)7-24-15(19)20-6-13-9(3)22-11(5)23-13;1-5-19-13(17)11(15-9(3)16)7-23-14(18)20-6-12-8(2)21-10(4)22-12;1-6-10(20-8(3)19-6)4-18-12(17)21-5-9(11(15)16)13-7(2)14/h5-9,15H,3-4,10-11H2,1-2H3,(H,20,21);3-7,13H,2,8-9H2,1H3,(H,18,19)(H,20,21);8,12H,5-7H2,1-4H3,(H,16,17);11H,4-7H2,1-3H3,(H,15,16);9H,3-5H2,1-2H3,(H,13,14)(H,15,16)/t15-;13-;12-;11-;9-/m00000/s1. The Labute approximate surface area is 721 Å². The summed E-state index contributed by atoms with van der Waals surface area (Å²) in [6.07, 6.45) is -0.326. The molecule has 0 saturated carbocycles. The Bertz CT molecular complexity index is 4350. The number of carbonyl (C=O) groups is 15. The lowest BCUT2D eigenvalue weighted by molar-refractivity contribution is -0.150. The van der Waals surface area contributed by atoms with Crippen LogP contribution in [-0.2, 0) is 133 Å². The molecule has 5 heterocycles. The van der Waals surface area contributed by atoms with E-state index >= 15 is 0 Å². The molecular formula is C77H93N5O35S5. The quantitative estimate of drug-likeness (QED) is 0.0249. The van der Waals surface area contributed by atoms with Crippen molar-refractivity contribution in [1.82, 2.24) is 26.6 Å². The van der Waals surface area contributed by atoms with Gasteiger partial charge in [0.15, 0.2) is 73.3 Å². The van der Waals surface area contributed by atoms with Crippen molar-refractivity contribution < 1.29 is 167 Å². The largest absolute Gasteiger partial charge is 0.480 e. The number of hydrogen-bond donors (Lipinski definition) is 7. The van der Waals surface area contributed by atoms with Crippen LogP contribution in [0.3, 0.4) is 0 Å². The lowest BCUT2D eigenvalue weighted by Gasteiger charge is -2.17. The van der Waals surface area contributed by atoms with E-state index in [1.54, 1.807) is 60.6 Å². The van der Waals surface area contributed by atoms with Gasteiger partial charge in [0.05, 0.1) is 19.3 Å². The van der Waals surface area contributed by atoms with Crippen LogP contribution in [0.5, 0.6) is 0 Å². The van der Waals surface area contributed by atoms with Crippen LogP contribution in [0.4, 0.5) is 24.0 Å². The molecule has 5 amide bonds. The van der Waals surface area contributed by atoms with Crippen LogP contribution >= 0.6 is 58.8 Å². The normalized spacial score (nSPS) is 14.5. The molecule has 5 atom stereocenters. The summed E-state index contributed by atoms with van der Waals surface area (Å²) < 4.78 is 91.9. The van der Waals surface area contributed by atoms with Gasteiger partial charge in [0.25, 0.3) is 29.7 Å². The van der Waals surface area contributed by atoms with E-state index in [0.29, 0.717) is 75.4 Å². The lowest BCUT2D eigenvalue weighted by atomic mass is 10.2. The number of amides is 5. The lowest BCUT2D eigenvalue weighted by Crippen LogP contribution is -2.43. The maximum absolute atomic E-state index is 12.0. The van der Waals surface area contributed by atoms with Gasteiger partial charge in [-0.25, -0.2) is 47.9 Å². The highest BCUT2D eigenvalue weighted by Gasteiger charge is 2.32. The Hall–Kier alpha value is -12.4. The summed E-state index contributed by atoms with van der Waals surface area (Å²) in [6.45, 7) is 35.1. The van der Waals surface area contributed by atoms with Crippen LogP contribution in [0.25, 0.3) is 11.5 Å². The Kier molecular flexibility index (Phi) is 46.6. The zero-order valence-corrected chi connectivity index (χ0v) is 72.2. The summed E-state index contributed by atoms with van der Waals surface area (Å²) in [7, 11) is 0. The van der Waals surface area contributed by atoms with Crippen LogP contribution < -0.4 is 26.6 Å². The molecule has 40 nitrogen and oxygen atoms in total. The number of benzene rings is 2. The van der Waals surface area contributed by atoms with Crippen LogP contribution in [0.2, 0.25) is 0 Å². The molecule has 2 aromatic carbocycles. The Morgan fingerprint density at radius 2 is 0.566 bits per heavy atom. The van der Waals surface area contributed by atoms with Crippen LogP contribution in [0.1, 0.15) is 94.2 Å². The van der Waals surface area contributed by atoms with Crippen molar-refractivity contribution in [3.8, 4) is 0 Å². The van der Waals surface area contributed by atoms with E-state index in [-0.39, 0.29) is 117 Å². The summed E-state index contributed by atoms with van der Waals surface area (Å²) in [5.41, 5.74) is 1.49. The van der Waals surface area contributed by atoms with Crippen molar-refractivity contribution in [1.29, 1.82) is 0 Å². The van der Waals surface area contributed by atoms with E-state index in [9.17, 15) is 71.9 Å². The average molecular weight is 1810 g/mol. The fraction of sp³-hybridized carbons (Fsp3) is 0.390. The second kappa shape index (κ2) is 54.7. The molecule has 0 aliphatic carbocycles. The highest BCUT2D eigenvalue weighted by molar-refractivity contribution is 8.14. The third-order valence-electron chi connectivity index (χ3n) is 13.9. The molecular weight excluding hydrogens is 1720 g/mol. The minimum absolute atomic E-state index is 0.000653. The molecule has 0 aromatic heterocycles. The van der Waals surface area contributed by atoms with Gasteiger partial charge in [-0.15, -0.1) is 0 Å². The molecule has 5 aliphatic rings. The van der Waals surface area contributed by atoms with Gasteiger partial charge in [-0.05, 0) is 140 Å². The first-order valence-electron chi connectivity index (χ1n) is 35.8. The number of carboxylic acid groups (broad SMARTS) is 2. The summed E-state index contributed by atoms with van der Waals surface area (Å²) >= 11 is 3.52.